The fraction of sp³-hybridized carbons (Fsp3) is 0.300. The third-order valence-electron chi connectivity index (χ3n) is 2.37. The van der Waals surface area contributed by atoms with Crippen LogP contribution in [0.15, 0.2) is 23.1 Å². The van der Waals surface area contributed by atoms with Gasteiger partial charge in [-0.15, -0.1) is 0 Å². The quantitative estimate of drug-likeness (QED) is 0.493. The summed E-state index contributed by atoms with van der Waals surface area (Å²) >= 11 is 4.58. The van der Waals surface area contributed by atoms with Gasteiger partial charge in [0, 0.05) is 0 Å². The van der Waals surface area contributed by atoms with Crippen LogP contribution in [0, 0.1) is 10.5 Å². The molecule has 102 valence electrons. The Balaban J connectivity index is 2.12. The van der Waals surface area contributed by atoms with Gasteiger partial charge < -0.3 is 14.6 Å². The summed E-state index contributed by atoms with van der Waals surface area (Å²) in [5.74, 6) is -0.753. The molecule has 19 heavy (non-hydrogen) atoms. The fourth-order valence-corrected chi connectivity index (χ4v) is 1.69. The van der Waals surface area contributed by atoms with E-state index in [1.807, 2.05) is 0 Å². The zero-order valence-corrected chi connectivity index (χ0v) is 10.2. The highest BCUT2D eigenvalue weighted by molar-refractivity contribution is 7.71. The van der Waals surface area contributed by atoms with E-state index in [-0.39, 0.29) is 11.2 Å². The van der Waals surface area contributed by atoms with Crippen molar-refractivity contribution in [3.8, 4) is 0 Å². The lowest BCUT2D eigenvalue weighted by Crippen LogP contribution is -2.28. The maximum Gasteiger partial charge on any atom is 0.505 e. The number of aromatic amines is 1. The number of H-pyrrole nitrogens is 1. The summed E-state index contributed by atoms with van der Waals surface area (Å²) in [5, 5.41) is 8.34. The van der Waals surface area contributed by atoms with Gasteiger partial charge in [-0.2, -0.15) is 0 Å². The molecular weight excluding hydrogens is 279 g/mol. The number of ether oxygens (including phenoxy) is 2. The third kappa shape index (κ3) is 3.06. The van der Waals surface area contributed by atoms with E-state index in [1.165, 1.54) is 12.2 Å². The Bertz CT molecular complexity index is 638. The Morgan fingerprint density at radius 3 is 3.05 bits per heavy atom. The first kappa shape index (κ1) is 13.4. The van der Waals surface area contributed by atoms with Gasteiger partial charge in [0.15, 0.2) is 12.0 Å². The molecule has 1 aliphatic heterocycles. The van der Waals surface area contributed by atoms with Crippen molar-refractivity contribution in [1.29, 1.82) is 0 Å². The smallest absolute Gasteiger partial charge is 0.450 e. The van der Waals surface area contributed by atoms with Crippen LogP contribution in [-0.2, 0) is 9.47 Å². The van der Waals surface area contributed by atoms with E-state index in [0.717, 1.165) is 10.8 Å². The number of halogens is 1. The van der Waals surface area contributed by atoms with Crippen LogP contribution >= 0.6 is 12.2 Å². The number of nitrogens with zero attached hydrogens (tertiary/aromatic N) is 1. The van der Waals surface area contributed by atoms with Gasteiger partial charge in [0.2, 0.25) is 0 Å². The van der Waals surface area contributed by atoms with E-state index in [9.17, 15) is 14.0 Å². The molecule has 2 rings (SSSR count). The van der Waals surface area contributed by atoms with Gasteiger partial charge in [0.1, 0.15) is 17.4 Å². The molecule has 0 aromatic carbocycles. The molecule has 9 heteroatoms. The van der Waals surface area contributed by atoms with Crippen LogP contribution in [0.3, 0.4) is 0 Å². The van der Waals surface area contributed by atoms with Crippen LogP contribution in [0.4, 0.5) is 9.18 Å². The highest BCUT2D eigenvalue weighted by Crippen LogP contribution is 2.20. The van der Waals surface area contributed by atoms with Crippen LogP contribution < -0.4 is 5.69 Å². The molecule has 0 fully saturated rings. The molecule has 1 aromatic heterocycles. The first-order valence-electron chi connectivity index (χ1n) is 5.18. The van der Waals surface area contributed by atoms with E-state index in [2.05, 4.69) is 21.9 Å². The summed E-state index contributed by atoms with van der Waals surface area (Å²) in [6.45, 7) is -0.206. The normalized spacial score (nSPS) is 21.5. The molecule has 0 bridgehead atoms. The maximum absolute atomic E-state index is 13.3. The Morgan fingerprint density at radius 2 is 2.37 bits per heavy atom. The number of hydrogen-bond acceptors (Lipinski definition) is 5. The molecule has 0 amide bonds. The largest absolute Gasteiger partial charge is 0.505 e. The summed E-state index contributed by atoms with van der Waals surface area (Å²) < 4.78 is 23.6. The van der Waals surface area contributed by atoms with Crippen LogP contribution in [0.1, 0.15) is 6.23 Å². The fourth-order valence-electron chi connectivity index (χ4n) is 1.55. The Labute approximate surface area is 110 Å². The molecule has 2 N–H and O–H groups in total. The monoisotopic (exact) mass is 288 g/mol. The molecule has 2 atom stereocenters. The van der Waals surface area contributed by atoms with Gasteiger partial charge in [-0.05, 0) is 6.08 Å². The molecule has 1 aliphatic rings. The summed E-state index contributed by atoms with van der Waals surface area (Å²) in [4.78, 5) is 24.0. The second-order valence-electron chi connectivity index (χ2n) is 3.67. The van der Waals surface area contributed by atoms with Crippen molar-refractivity contribution in [2.24, 2.45) is 0 Å². The SMILES string of the molecule is O=C(O)OCC1C=CC(n2cc(F)c(=S)[nH]c2=O)O1. The second kappa shape index (κ2) is 5.33. The topological polar surface area (TPSA) is 93.5 Å². The van der Waals surface area contributed by atoms with Crippen molar-refractivity contribution in [1.82, 2.24) is 9.55 Å². The first-order valence-corrected chi connectivity index (χ1v) is 5.58. The zero-order chi connectivity index (χ0) is 14.0. The van der Waals surface area contributed by atoms with Gasteiger partial charge in [0.25, 0.3) is 0 Å². The minimum Gasteiger partial charge on any atom is -0.450 e. The Morgan fingerprint density at radius 1 is 1.63 bits per heavy atom. The number of nitrogens with one attached hydrogen (secondary N) is 1. The molecule has 0 aliphatic carbocycles. The summed E-state index contributed by atoms with van der Waals surface area (Å²) in [6, 6.07) is 0. The molecule has 1 aromatic rings. The van der Waals surface area contributed by atoms with Gasteiger partial charge in [0.05, 0.1) is 6.20 Å². The highest BCUT2D eigenvalue weighted by Gasteiger charge is 2.23. The molecule has 0 saturated heterocycles. The minimum atomic E-state index is -1.42. The average molecular weight is 288 g/mol. The molecular formula is C10H9FN2O5S. The maximum atomic E-state index is 13.3. The van der Waals surface area contributed by atoms with Crippen LogP contribution in [-0.4, -0.2) is 33.5 Å². The number of rotatable bonds is 3. The van der Waals surface area contributed by atoms with E-state index < -0.39 is 30.0 Å². The van der Waals surface area contributed by atoms with Crippen LogP contribution in [0.2, 0.25) is 0 Å². The van der Waals surface area contributed by atoms with Crippen LogP contribution in [0.25, 0.3) is 0 Å². The average Bonchev–Trinajstić information content (AvgIpc) is 2.80. The third-order valence-corrected chi connectivity index (χ3v) is 2.67. The van der Waals surface area contributed by atoms with Gasteiger partial charge in [-0.3, -0.25) is 9.55 Å². The lowest BCUT2D eigenvalue weighted by atomic mass is 10.4. The summed E-state index contributed by atoms with van der Waals surface area (Å²) in [5.41, 5.74) is -0.624. The molecule has 0 spiro atoms. The van der Waals surface area contributed by atoms with E-state index in [0.29, 0.717) is 0 Å². The Kier molecular flexibility index (Phi) is 3.76. The zero-order valence-electron chi connectivity index (χ0n) is 9.41. The lowest BCUT2D eigenvalue weighted by Gasteiger charge is -2.15. The van der Waals surface area contributed by atoms with Crippen LogP contribution in [0.5, 0.6) is 0 Å². The minimum absolute atomic E-state index is 0.206. The predicted molar refractivity (Wildman–Crippen MR) is 62.9 cm³/mol. The summed E-state index contributed by atoms with van der Waals surface area (Å²) in [6.07, 6.45) is 1.06. The van der Waals surface area contributed by atoms with Gasteiger partial charge >= 0.3 is 11.8 Å². The highest BCUT2D eigenvalue weighted by atomic mass is 32.1. The molecule has 0 saturated carbocycles. The van der Waals surface area contributed by atoms with Crippen molar-refractivity contribution in [3.05, 3.63) is 39.3 Å². The molecule has 0 radical (unpaired) electrons. The van der Waals surface area contributed by atoms with Crippen molar-refractivity contribution in [2.75, 3.05) is 6.61 Å². The standard InChI is InChI=1S/C10H9FN2O5S/c11-6-3-13(9(14)12-8(6)19)7-2-1-5(18-7)4-17-10(15)16/h1-3,5,7H,4H2,(H,15,16)(H,12,14,19). The van der Waals surface area contributed by atoms with Crippen molar-refractivity contribution in [3.63, 3.8) is 0 Å². The van der Waals surface area contributed by atoms with Gasteiger partial charge in [-0.25, -0.2) is 14.0 Å². The molecule has 2 unspecified atom stereocenters. The predicted octanol–water partition coefficient (Wildman–Crippen LogP) is 1.19. The van der Waals surface area contributed by atoms with Crippen molar-refractivity contribution < 1.29 is 23.8 Å². The number of carboxylic acid groups (broad SMARTS) is 1. The van der Waals surface area contributed by atoms with Crippen molar-refractivity contribution >= 4 is 18.4 Å². The first-order chi connectivity index (χ1) is 8.97. The van der Waals surface area contributed by atoms with E-state index in [1.54, 1.807) is 0 Å². The second-order valence-corrected chi connectivity index (χ2v) is 4.08. The van der Waals surface area contributed by atoms with E-state index in [4.69, 9.17) is 9.84 Å². The van der Waals surface area contributed by atoms with Crippen molar-refractivity contribution in [2.45, 2.75) is 12.3 Å². The van der Waals surface area contributed by atoms with Gasteiger partial charge in [-0.1, -0.05) is 18.3 Å². The number of carbonyl (C=O) groups is 1. The summed E-state index contributed by atoms with van der Waals surface area (Å²) in [7, 11) is 0. The number of aromatic nitrogens is 2. The molecule has 7 nitrogen and oxygen atoms in total. The lowest BCUT2D eigenvalue weighted by molar-refractivity contribution is -0.0229. The Hall–Kier alpha value is -2.00. The van der Waals surface area contributed by atoms with E-state index >= 15 is 0 Å². The molecule has 2 heterocycles. The number of hydrogen-bond donors (Lipinski definition) is 2.